The van der Waals surface area contributed by atoms with Crippen molar-refractivity contribution in [1.29, 1.82) is 0 Å². The van der Waals surface area contributed by atoms with Crippen molar-refractivity contribution in [3.05, 3.63) is 206 Å². The summed E-state index contributed by atoms with van der Waals surface area (Å²) in [4.78, 5) is 0. The third-order valence-corrected chi connectivity index (χ3v) is 12.9. The summed E-state index contributed by atoms with van der Waals surface area (Å²) < 4.78 is 0. The fraction of sp³-hybridized carbons (Fsp3) is 0. The fourth-order valence-electron chi connectivity index (χ4n) is 10.4. The summed E-state index contributed by atoms with van der Waals surface area (Å²) in [5, 5.41) is 23.0. The molecule has 0 radical (unpaired) electrons. The van der Waals surface area contributed by atoms with Gasteiger partial charge in [0.15, 0.2) is 0 Å². The number of hydrogen-bond acceptors (Lipinski definition) is 0. The summed E-state index contributed by atoms with van der Waals surface area (Å²) in [7, 11) is 0. The highest BCUT2D eigenvalue weighted by Gasteiger charge is 2.23. The summed E-state index contributed by atoms with van der Waals surface area (Å²) in [5.41, 5.74) is 7.63. The molecule has 0 bridgehead atoms. The molecule has 58 heavy (non-hydrogen) atoms. The maximum atomic E-state index is 2.51. The minimum atomic E-state index is 1.22. The molecule has 0 N–H and O–H groups in total. The van der Waals surface area contributed by atoms with Gasteiger partial charge in [0.05, 0.1) is 0 Å². The normalized spacial score (nSPS) is 12.1. The van der Waals surface area contributed by atoms with Gasteiger partial charge in [-0.15, -0.1) is 0 Å². The Morgan fingerprint density at radius 2 is 0.552 bits per heavy atom. The van der Waals surface area contributed by atoms with Crippen LogP contribution in [0.1, 0.15) is 0 Å². The first-order valence-corrected chi connectivity index (χ1v) is 20.3. The van der Waals surface area contributed by atoms with Crippen LogP contribution in [-0.2, 0) is 0 Å². The molecule has 0 aliphatic rings. The monoisotopic (exact) mass is 730 g/mol. The molecular weight excluding hydrogens is 697 g/mol. The van der Waals surface area contributed by atoms with Gasteiger partial charge in [0.2, 0.25) is 0 Å². The van der Waals surface area contributed by atoms with Crippen LogP contribution in [-0.4, -0.2) is 0 Å². The molecule has 0 atom stereocenters. The van der Waals surface area contributed by atoms with Gasteiger partial charge in [-0.25, -0.2) is 0 Å². The van der Waals surface area contributed by atoms with Crippen LogP contribution < -0.4 is 0 Å². The highest BCUT2D eigenvalue weighted by Crippen LogP contribution is 2.51. The third-order valence-electron chi connectivity index (χ3n) is 12.9. The number of benzene rings is 13. The summed E-state index contributed by atoms with van der Waals surface area (Å²) in [6.45, 7) is 0. The first-order valence-electron chi connectivity index (χ1n) is 20.3. The molecule has 0 aliphatic heterocycles. The number of rotatable bonds is 3. The van der Waals surface area contributed by atoms with E-state index in [0.29, 0.717) is 0 Å². The van der Waals surface area contributed by atoms with E-state index in [-0.39, 0.29) is 0 Å². The first-order chi connectivity index (χ1) is 28.8. The predicted octanol–water partition coefficient (Wildman–Crippen LogP) is 16.5. The van der Waals surface area contributed by atoms with Crippen molar-refractivity contribution in [2.45, 2.75) is 0 Å². The van der Waals surface area contributed by atoms with E-state index in [1.54, 1.807) is 0 Å². The van der Waals surface area contributed by atoms with Crippen LogP contribution in [0.15, 0.2) is 206 Å². The average molecular weight is 731 g/mol. The molecule has 0 saturated carbocycles. The second-order valence-corrected chi connectivity index (χ2v) is 15.9. The Bertz CT molecular complexity index is 3720. The molecule has 0 heteroatoms. The first kappa shape index (κ1) is 31.6. The molecule has 0 aromatic heterocycles. The topological polar surface area (TPSA) is 0 Å². The van der Waals surface area contributed by atoms with Crippen LogP contribution in [0.4, 0.5) is 0 Å². The van der Waals surface area contributed by atoms with E-state index in [4.69, 9.17) is 0 Å². The Morgan fingerprint density at radius 1 is 0.190 bits per heavy atom. The number of fused-ring (bicyclic) bond motifs is 6. The van der Waals surface area contributed by atoms with Gasteiger partial charge < -0.3 is 0 Å². The smallest absolute Gasteiger partial charge is 0.00137 e. The van der Waals surface area contributed by atoms with Crippen molar-refractivity contribution >= 4 is 97.0 Å². The van der Waals surface area contributed by atoms with Crippen LogP contribution >= 0.6 is 0 Å². The lowest BCUT2D eigenvalue weighted by atomic mass is 9.80. The highest BCUT2D eigenvalue weighted by atomic mass is 14.3. The van der Waals surface area contributed by atoms with Gasteiger partial charge in [-0.2, -0.15) is 0 Å². The van der Waals surface area contributed by atoms with Gasteiger partial charge in [-0.1, -0.05) is 188 Å². The maximum absolute atomic E-state index is 2.51. The Kier molecular flexibility index (Phi) is 6.54. The third kappa shape index (κ3) is 4.40. The maximum Gasteiger partial charge on any atom is -0.00137 e. The average Bonchev–Trinajstić information content (AvgIpc) is 3.28. The van der Waals surface area contributed by atoms with Crippen LogP contribution in [0.25, 0.3) is 130 Å². The molecule has 13 aromatic carbocycles. The van der Waals surface area contributed by atoms with Gasteiger partial charge in [0, 0.05) is 0 Å². The Morgan fingerprint density at radius 3 is 1.09 bits per heavy atom. The van der Waals surface area contributed by atoms with Crippen molar-refractivity contribution < 1.29 is 0 Å². The molecule has 0 amide bonds. The molecule has 0 fully saturated rings. The SMILES string of the molecule is c1ccc2c(-c3c4ccccc4c(-c4c5ccccc5cc5ccccc45)c4cc(-c5ccc6ccc7cccc8ccc5c6c78)ccc34)c3ccccc3cc2c1. The Hall–Kier alpha value is -7.54. The standard InChI is InChI=1S/C58H34/c1-5-18-44-38(12-1)32-39-13-2-6-19-45(39)55(44)57-48-22-9-10-23-49(48)58(56-46-20-7-3-14-40(46)33-41-15-4-8-21-47(41)56)52-34-42(28-31-51(52)57)43-29-26-37-25-24-35-16-11-17-36-27-30-50(43)54(37)53(35)36/h1-34H. The molecule has 0 heterocycles. The number of hydrogen-bond donors (Lipinski definition) is 0. The van der Waals surface area contributed by atoms with Crippen LogP contribution in [0.5, 0.6) is 0 Å². The van der Waals surface area contributed by atoms with Crippen molar-refractivity contribution in [1.82, 2.24) is 0 Å². The minimum absolute atomic E-state index is 1.22. The molecule has 13 rings (SSSR count). The van der Waals surface area contributed by atoms with E-state index in [9.17, 15) is 0 Å². The summed E-state index contributed by atoms with van der Waals surface area (Å²) >= 11 is 0. The van der Waals surface area contributed by atoms with E-state index in [1.807, 2.05) is 0 Å². The van der Waals surface area contributed by atoms with E-state index in [0.717, 1.165) is 0 Å². The minimum Gasteiger partial charge on any atom is -0.0616 e. The quantitative estimate of drug-likeness (QED) is 0.125. The van der Waals surface area contributed by atoms with Crippen LogP contribution in [0, 0.1) is 0 Å². The van der Waals surface area contributed by atoms with Gasteiger partial charge in [0.25, 0.3) is 0 Å². The summed E-state index contributed by atoms with van der Waals surface area (Å²) in [6.07, 6.45) is 0. The fourth-order valence-corrected chi connectivity index (χ4v) is 10.4. The van der Waals surface area contributed by atoms with E-state index in [2.05, 4.69) is 206 Å². The zero-order valence-corrected chi connectivity index (χ0v) is 31.6. The van der Waals surface area contributed by atoms with E-state index < -0.39 is 0 Å². The molecule has 0 aliphatic carbocycles. The highest BCUT2D eigenvalue weighted by molar-refractivity contribution is 6.31. The molecule has 0 unspecified atom stereocenters. The van der Waals surface area contributed by atoms with Crippen molar-refractivity contribution in [2.24, 2.45) is 0 Å². The van der Waals surface area contributed by atoms with Gasteiger partial charge >= 0.3 is 0 Å². The molecular formula is C58H34. The largest absolute Gasteiger partial charge is 0.0616 e. The van der Waals surface area contributed by atoms with E-state index >= 15 is 0 Å². The summed E-state index contributed by atoms with van der Waals surface area (Å²) in [5.74, 6) is 0. The summed E-state index contributed by atoms with van der Waals surface area (Å²) in [6, 6.07) is 77.4. The Labute approximate surface area is 335 Å². The van der Waals surface area contributed by atoms with Gasteiger partial charge in [-0.3, -0.25) is 0 Å². The van der Waals surface area contributed by atoms with E-state index in [1.165, 1.54) is 130 Å². The molecule has 0 spiro atoms. The van der Waals surface area contributed by atoms with Crippen molar-refractivity contribution in [3.8, 4) is 33.4 Å². The zero-order valence-electron chi connectivity index (χ0n) is 31.6. The zero-order chi connectivity index (χ0) is 37.9. The molecule has 13 aromatic rings. The second kappa shape index (κ2) is 12.0. The predicted molar refractivity (Wildman–Crippen MR) is 251 cm³/mol. The van der Waals surface area contributed by atoms with Gasteiger partial charge in [-0.05, 0) is 149 Å². The lowest BCUT2D eigenvalue weighted by Gasteiger charge is -2.23. The van der Waals surface area contributed by atoms with Crippen molar-refractivity contribution in [2.75, 3.05) is 0 Å². The lowest BCUT2D eigenvalue weighted by Crippen LogP contribution is -1.95. The van der Waals surface area contributed by atoms with Gasteiger partial charge in [0.1, 0.15) is 0 Å². The second-order valence-electron chi connectivity index (χ2n) is 15.9. The molecule has 0 nitrogen and oxygen atoms in total. The lowest BCUT2D eigenvalue weighted by molar-refractivity contribution is 1.69. The Balaban J connectivity index is 1.24. The van der Waals surface area contributed by atoms with Crippen LogP contribution in [0.2, 0.25) is 0 Å². The van der Waals surface area contributed by atoms with Crippen LogP contribution in [0.3, 0.4) is 0 Å². The molecule has 0 saturated heterocycles. The van der Waals surface area contributed by atoms with Crippen molar-refractivity contribution in [3.63, 3.8) is 0 Å². The molecule has 266 valence electrons.